The van der Waals surface area contributed by atoms with Crippen LogP contribution in [0.2, 0.25) is 0 Å². The van der Waals surface area contributed by atoms with Gasteiger partial charge in [-0.2, -0.15) is 0 Å². The van der Waals surface area contributed by atoms with Gasteiger partial charge in [0.1, 0.15) is 11.3 Å². The van der Waals surface area contributed by atoms with E-state index in [0.29, 0.717) is 11.3 Å². The first-order chi connectivity index (χ1) is 8.37. The van der Waals surface area contributed by atoms with Gasteiger partial charge in [0.25, 0.3) is 0 Å². The smallest absolute Gasteiger partial charge is 0.341 e. The molecule has 0 saturated heterocycles. The Bertz CT molecular complexity index is 560. The highest BCUT2D eigenvalue weighted by molar-refractivity contribution is 7.91. The zero-order valence-corrected chi connectivity index (χ0v) is 11.6. The van der Waals surface area contributed by atoms with E-state index in [0.717, 1.165) is 0 Å². The number of ether oxygens (including phenoxy) is 2. The molecule has 0 aromatic heterocycles. The number of carbonyl (C=O) groups is 1. The van der Waals surface area contributed by atoms with E-state index in [2.05, 4.69) is 4.74 Å². The predicted molar refractivity (Wildman–Crippen MR) is 66.8 cm³/mol. The minimum absolute atomic E-state index is 0.0270. The summed E-state index contributed by atoms with van der Waals surface area (Å²) >= 11 is 0. The third kappa shape index (κ3) is 2.64. The Morgan fingerprint density at radius 1 is 1.28 bits per heavy atom. The van der Waals surface area contributed by atoms with Crippen LogP contribution in [0.1, 0.15) is 22.8 Å². The van der Waals surface area contributed by atoms with E-state index in [1.807, 2.05) is 0 Å². The summed E-state index contributed by atoms with van der Waals surface area (Å²) in [5.74, 6) is -0.352. The summed E-state index contributed by atoms with van der Waals surface area (Å²) in [4.78, 5) is 11.7. The third-order valence-electron chi connectivity index (χ3n) is 2.62. The predicted octanol–water partition coefficient (Wildman–Crippen LogP) is 1.58. The van der Waals surface area contributed by atoms with E-state index in [-0.39, 0.29) is 16.2 Å². The van der Waals surface area contributed by atoms with Crippen molar-refractivity contribution in [2.45, 2.75) is 18.7 Å². The van der Waals surface area contributed by atoms with Gasteiger partial charge in [-0.05, 0) is 24.6 Å². The van der Waals surface area contributed by atoms with Gasteiger partial charge in [-0.1, -0.05) is 6.92 Å². The van der Waals surface area contributed by atoms with Crippen molar-refractivity contribution < 1.29 is 22.7 Å². The SMILES string of the molecule is CCS(=O)(=O)c1cc(C(=O)OC)c(OC)cc1C. The van der Waals surface area contributed by atoms with Crippen molar-refractivity contribution in [2.24, 2.45) is 0 Å². The molecule has 0 heterocycles. The molecule has 5 nitrogen and oxygen atoms in total. The maximum absolute atomic E-state index is 11.9. The van der Waals surface area contributed by atoms with Crippen molar-refractivity contribution in [1.82, 2.24) is 0 Å². The molecule has 1 aromatic carbocycles. The van der Waals surface area contributed by atoms with Crippen molar-refractivity contribution in [2.75, 3.05) is 20.0 Å². The Morgan fingerprint density at radius 3 is 2.33 bits per heavy atom. The molecule has 6 heteroatoms. The number of benzene rings is 1. The summed E-state index contributed by atoms with van der Waals surface area (Å²) in [6, 6.07) is 2.83. The molecule has 0 spiro atoms. The number of rotatable bonds is 4. The van der Waals surface area contributed by atoms with Crippen LogP contribution in [0.5, 0.6) is 5.75 Å². The molecular weight excluding hydrogens is 256 g/mol. The summed E-state index contributed by atoms with van der Waals surface area (Å²) in [7, 11) is -0.738. The lowest BCUT2D eigenvalue weighted by atomic mass is 10.1. The molecule has 1 rings (SSSR count). The quantitative estimate of drug-likeness (QED) is 0.778. The molecular formula is C12H16O5S. The van der Waals surface area contributed by atoms with Crippen molar-refractivity contribution in [3.63, 3.8) is 0 Å². The van der Waals surface area contributed by atoms with Gasteiger partial charge in [0.2, 0.25) is 0 Å². The summed E-state index contributed by atoms with van der Waals surface area (Å²) in [5.41, 5.74) is 0.652. The van der Waals surface area contributed by atoms with E-state index >= 15 is 0 Å². The topological polar surface area (TPSA) is 69.7 Å². The second-order valence-electron chi connectivity index (χ2n) is 3.71. The lowest BCUT2D eigenvalue weighted by Crippen LogP contribution is -2.10. The molecule has 0 aliphatic carbocycles. The molecule has 0 atom stereocenters. The van der Waals surface area contributed by atoms with Gasteiger partial charge in [0.15, 0.2) is 9.84 Å². The van der Waals surface area contributed by atoms with Crippen molar-refractivity contribution >= 4 is 15.8 Å². The number of sulfone groups is 1. The number of hydrogen-bond acceptors (Lipinski definition) is 5. The van der Waals surface area contributed by atoms with Gasteiger partial charge in [-0.25, -0.2) is 13.2 Å². The second-order valence-corrected chi connectivity index (χ2v) is 5.96. The van der Waals surface area contributed by atoms with Crippen LogP contribution >= 0.6 is 0 Å². The van der Waals surface area contributed by atoms with Crippen molar-refractivity contribution in [3.05, 3.63) is 23.3 Å². The zero-order chi connectivity index (χ0) is 13.9. The number of methoxy groups -OCH3 is 2. The maximum atomic E-state index is 11.9. The van der Waals surface area contributed by atoms with Crippen LogP contribution in [-0.4, -0.2) is 34.4 Å². The molecule has 0 amide bonds. The minimum Gasteiger partial charge on any atom is -0.496 e. The zero-order valence-electron chi connectivity index (χ0n) is 10.8. The van der Waals surface area contributed by atoms with Gasteiger partial charge in [-0.15, -0.1) is 0 Å². The van der Waals surface area contributed by atoms with E-state index < -0.39 is 15.8 Å². The van der Waals surface area contributed by atoms with Crippen molar-refractivity contribution in [3.8, 4) is 5.75 Å². The van der Waals surface area contributed by atoms with E-state index in [1.54, 1.807) is 13.8 Å². The highest BCUT2D eigenvalue weighted by atomic mass is 32.2. The molecule has 0 radical (unpaired) electrons. The first-order valence-electron chi connectivity index (χ1n) is 5.37. The Hall–Kier alpha value is -1.56. The Balaban J connectivity index is 3.54. The molecule has 0 bridgehead atoms. The van der Waals surface area contributed by atoms with Gasteiger partial charge in [-0.3, -0.25) is 0 Å². The number of aryl methyl sites for hydroxylation is 1. The Labute approximate surface area is 107 Å². The fourth-order valence-corrected chi connectivity index (χ4v) is 2.75. The van der Waals surface area contributed by atoms with Crippen LogP contribution in [0.25, 0.3) is 0 Å². The molecule has 0 N–H and O–H groups in total. The second kappa shape index (κ2) is 5.39. The molecule has 0 fully saturated rings. The highest BCUT2D eigenvalue weighted by Crippen LogP contribution is 2.27. The summed E-state index contributed by atoms with van der Waals surface area (Å²) < 4.78 is 33.4. The van der Waals surface area contributed by atoms with Gasteiger partial charge < -0.3 is 9.47 Å². The average Bonchev–Trinajstić information content (AvgIpc) is 2.37. The van der Waals surface area contributed by atoms with Crippen LogP contribution in [0.3, 0.4) is 0 Å². The van der Waals surface area contributed by atoms with Gasteiger partial charge in [0.05, 0.1) is 24.9 Å². The standard InChI is InChI=1S/C12H16O5S/c1-5-18(14,15)11-7-9(12(13)17-4)10(16-3)6-8(11)2/h6-7H,5H2,1-4H3. The van der Waals surface area contributed by atoms with E-state index in [1.165, 1.54) is 26.4 Å². The molecule has 1 aromatic rings. The van der Waals surface area contributed by atoms with Crippen LogP contribution < -0.4 is 4.74 Å². The normalized spacial score (nSPS) is 11.1. The fourth-order valence-electron chi connectivity index (χ4n) is 1.59. The largest absolute Gasteiger partial charge is 0.496 e. The maximum Gasteiger partial charge on any atom is 0.341 e. The van der Waals surface area contributed by atoms with Gasteiger partial charge >= 0.3 is 5.97 Å². The van der Waals surface area contributed by atoms with E-state index in [4.69, 9.17) is 4.74 Å². The first-order valence-corrected chi connectivity index (χ1v) is 7.02. The average molecular weight is 272 g/mol. The van der Waals surface area contributed by atoms with Crippen LogP contribution in [0, 0.1) is 6.92 Å². The van der Waals surface area contributed by atoms with Crippen LogP contribution in [0.4, 0.5) is 0 Å². The molecule has 0 aliphatic heterocycles. The third-order valence-corrected chi connectivity index (χ3v) is 4.49. The molecule has 0 aliphatic rings. The molecule has 18 heavy (non-hydrogen) atoms. The Morgan fingerprint density at radius 2 is 1.89 bits per heavy atom. The number of esters is 1. The molecule has 100 valence electrons. The molecule has 0 unspecified atom stereocenters. The summed E-state index contributed by atoms with van der Waals surface area (Å²) in [6.07, 6.45) is 0. The molecule has 0 saturated carbocycles. The minimum atomic E-state index is -3.38. The van der Waals surface area contributed by atoms with E-state index in [9.17, 15) is 13.2 Å². The number of hydrogen-bond donors (Lipinski definition) is 0. The Kier molecular flexibility index (Phi) is 4.34. The van der Waals surface area contributed by atoms with Crippen LogP contribution in [-0.2, 0) is 14.6 Å². The summed E-state index contributed by atoms with van der Waals surface area (Å²) in [5, 5.41) is 0. The van der Waals surface area contributed by atoms with Crippen molar-refractivity contribution in [1.29, 1.82) is 0 Å². The highest BCUT2D eigenvalue weighted by Gasteiger charge is 2.21. The monoisotopic (exact) mass is 272 g/mol. The fraction of sp³-hybridized carbons (Fsp3) is 0.417. The van der Waals surface area contributed by atoms with Crippen LogP contribution in [0.15, 0.2) is 17.0 Å². The number of carbonyl (C=O) groups excluding carboxylic acids is 1. The lowest BCUT2D eigenvalue weighted by molar-refractivity contribution is 0.0597. The summed E-state index contributed by atoms with van der Waals surface area (Å²) in [6.45, 7) is 3.21. The lowest BCUT2D eigenvalue weighted by Gasteiger charge is -2.12. The first kappa shape index (κ1) is 14.5. The van der Waals surface area contributed by atoms with Gasteiger partial charge in [0, 0.05) is 0 Å².